The van der Waals surface area contributed by atoms with Crippen LogP contribution in [0.3, 0.4) is 0 Å². The van der Waals surface area contributed by atoms with Gasteiger partial charge in [0.05, 0.1) is 0 Å². The topological polar surface area (TPSA) is 149 Å². The van der Waals surface area contributed by atoms with Gasteiger partial charge in [0.15, 0.2) is 0 Å². The summed E-state index contributed by atoms with van der Waals surface area (Å²) in [6, 6.07) is 15.7. The van der Waals surface area contributed by atoms with Crippen molar-refractivity contribution in [1.82, 2.24) is 16.0 Å². The maximum Gasteiger partial charge on any atom is 0.408 e. The van der Waals surface area contributed by atoms with E-state index in [9.17, 15) is 24.0 Å². The van der Waals surface area contributed by atoms with E-state index in [0.29, 0.717) is 0 Å². The van der Waals surface area contributed by atoms with Crippen LogP contribution in [0.2, 0.25) is 0 Å². The van der Waals surface area contributed by atoms with Gasteiger partial charge in [0.2, 0.25) is 5.91 Å². The molecule has 0 bridgehead atoms. The van der Waals surface area contributed by atoms with Crippen LogP contribution in [0.15, 0.2) is 60.7 Å². The van der Waals surface area contributed by atoms with Crippen molar-refractivity contribution in [3.63, 3.8) is 0 Å². The van der Waals surface area contributed by atoms with Gasteiger partial charge in [0, 0.05) is 6.92 Å². The highest BCUT2D eigenvalue weighted by Gasteiger charge is 2.29. The summed E-state index contributed by atoms with van der Waals surface area (Å²) >= 11 is 0. The van der Waals surface area contributed by atoms with Crippen LogP contribution in [0.1, 0.15) is 31.9 Å². The SMILES string of the molecule is CC(=O)OC(NC(=O)[C@H](C)NC(=O)OCc1ccccc1)C(=O)N[C@@H](C)C(=O)OCc1ccccc1. The van der Waals surface area contributed by atoms with Crippen molar-refractivity contribution >= 4 is 29.8 Å². The smallest absolute Gasteiger partial charge is 0.408 e. The van der Waals surface area contributed by atoms with E-state index in [1.165, 1.54) is 13.8 Å². The Morgan fingerprint density at radius 3 is 1.75 bits per heavy atom. The van der Waals surface area contributed by atoms with Gasteiger partial charge in [-0.05, 0) is 25.0 Å². The summed E-state index contributed by atoms with van der Waals surface area (Å²) in [4.78, 5) is 60.7. The van der Waals surface area contributed by atoms with Gasteiger partial charge in [0.25, 0.3) is 12.1 Å². The van der Waals surface area contributed by atoms with Gasteiger partial charge < -0.3 is 30.2 Å². The number of rotatable bonds is 11. The maximum atomic E-state index is 12.6. The van der Waals surface area contributed by atoms with Gasteiger partial charge >= 0.3 is 18.0 Å². The molecule has 3 atom stereocenters. The van der Waals surface area contributed by atoms with E-state index in [1.807, 2.05) is 12.1 Å². The lowest BCUT2D eigenvalue weighted by molar-refractivity contribution is -0.159. The van der Waals surface area contributed by atoms with Crippen LogP contribution in [0.25, 0.3) is 0 Å². The summed E-state index contributed by atoms with van der Waals surface area (Å²) in [6.45, 7) is 3.79. The van der Waals surface area contributed by atoms with E-state index in [-0.39, 0.29) is 13.2 Å². The van der Waals surface area contributed by atoms with Crippen LogP contribution < -0.4 is 16.0 Å². The van der Waals surface area contributed by atoms with Crippen molar-refractivity contribution in [2.24, 2.45) is 0 Å². The molecule has 2 aromatic rings. The van der Waals surface area contributed by atoms with Crippen LogP contribution in [-0.4, -0.2) is 48.2 Å². The minimum Gasteiger partial charge on any atom is -0.459 e. The van der Waals surface area contributed by atoms with Crippen LogP contribution in [-0.2, 0) is 46.6 Å². The van der Waals surface area contributed by atoms with Crippen LogP contribution in [0.5, 0.6) is 0 Å². The van der Waals surface area contributed by atoms with E-state index < -0.39 is 48.2 Å². The maximum absolute atomic E-state index is 12.6. The van der Waals surface area contributed by atoms with Crippen LogP contribution >= 0.6 is 0 Å². The lowest BCUT2D eigenvalue weighted by Gasteiger charge is -2.22. The standard InChI is InChI=1S/C25H29N3O8/c1-16(27-25(33)35-15-20-12-8-5-9-13-20)21(30)28-23(36-18(3)29)22(31)26-17(2)24(32)34-14-19-10-6-4-7-11-19/h4-13,16-17,23H,14-15H2,1-3H3,(H,26,31)(H,27,33)(H,28,30)/t16-,17-,23?/m0/s1. The summed E-state index contributed by atoms with van der Waals surface area (Å²) in [6.07, 6.45) is -2.60. The highest BCUT2D eigenvalue weighted by Crippen LogP contribution is 2.03. The van der Waals surface area contributed by atoms with Crippen molar-refractivity contribution in [3.8, 4) is 0 Å². The van der Waals surface area contributed by atoms with Gasteiger partial charge in [-0.15, -0.1) is 0 Å². The van der Waals surface area contributed by atoms with Crippen molar-refractivity contribution < 1.29 is 38.2 Å². The Bertz CT molecular complexity index is 1050. The summed E-state index contributed by atoms with van der Waals surface area (Å²) in [5, 5.41) is 6.86. The van der Waals surface area contributed by atoms with Gasteiger partial charge in [0.1, 0.15) is 25.3 Å². The minimum absolute atomic E-state index is 0.00223. The number of hydrogen-bond acceptors (Lipinski definition) is 8. The Hall–Kier alpha value is -4.41. The molecule has 1 unspecified atom stereocenters. The predicted molar refractivity (Wildman–Crippen MR) is 127 cm³/mol. The second-order valence-electron chi connectivity index (χ2n) is 7.75. The zero-order valence-electron chi connectivity index (χ0n) is 20.2. The molecule has 0 heterocycles. The number of nitrogens with one attached hydrogen (secondary N) is 3. The summed E-state index contributed by atoms with van der Waals surface area (Å²) in [5.74, 6) is -3.36. The Morgan fingerprint density at radius 1 is 0.694 bits per heavy atom. The predicted octanol–water partition coefficient (Wildman–Crippen LogP) is 1.55. The molecule has 0 saturated carbocycles. The molecule has 11 heteroatoms. The fraction of sp³-hybridized carbons (Fsp3) is 0.320. The lowest BCUT2D eigenvalue weighted by Crippen LogP contribution is -2.56. The van der Waals surface area contributed by atoms with E-state index in [2.05, 4.69) is 16.0 Å². The fourth-order valence-corrected chi connectivity index (χ4v) is 2.78. The molecule has 3 N–H and O–H groups in total. The number of benzene rings is 2. The zero-order valence-corrected chi connectivity index (χ0v) is 20.2. The fourth-order valence-electron chi connectivity index (χ4n) is 2.78. The second kappa shape index (κ2) is 14.1. The van der Waals surface area contributed by atoms with Crippen molar-refractivity contribution in [2.75, 3.05) is 0 Å². The molecule has 0 spiro atoms. The number of ether oxygens (including phenoxy) is 3. The first-order chi connectivity index (χ1) is 17.2. The normalized spacial score (nSPS) is 12.8. The second-order valence-corrected chi connectivity index (χ2v) is 7.75. The average molecular weight is 500 g/mol. The lowest BCUT2D eigenvalue weighted by atomic mass is 10.2. The molecule has 192 valence electrons. The molecule has 11 nitrogen and oxygen atoms in total. The largest absolute Gasteiger partial charge is 0.459 e. The Morgan fingerprint density at radius 2 is 1.22 bits per heavy atom. The molecule has 0 fully saturated rings. The highest BCUT2D eigenvalue weighted by molar-refractivity contribution is 5.93. The quantitative estimate of drug-likeness (QED) is 0.240. The van der Waals surface area contributed by atoms with Crippen LogP contribution in [0, 0.1) is 0 Å². The number of hydrogen-bond donors (Lipinski definition) is 3. The Labute approximate surface area is 208 Å². The van der Waals surface area contributed by atoms with Crippen molar-refractivity contribution in [1.29, 1.82) is 0 Å². The molecule has 0 aromatic heterocycles. The number of amides is 3. The van der Waals surface area contributed by atoms with E-state index in [4.69, 9.17) is 14.2 Å². The highest BCUT2D eigenvalue weighted by atomic mass is 16.6. The third-order valence-electron chi connectivity index (χ3n) is 4.67. The monoisotopic (exact) mass is 499 g/mol. The first-order valence-corrected chi connectivity index (χ1v) is 11.1. The molecule has 2 rings (SSSR count). The van der Waals surface area contributed by atoms with E-state index in [0.717, 1.165) is 18.1 Å². The molecular formula is C25H29N3O8. The van der Waals surface area contributed by atoms with Gasteiger partial charge in [-0.1, -0.05) is 60.7 Å². The number of alkyl carbamates (subject to hydrolysis) is 1. The number of carbonyl (C=O) groups is 5. The molecule has 0 aliphatic heterocycles. The van der Waals surface area contributed by atoms with Gasteiger partial charge in [-0.25, -0.2) is 9.59 Å². The minimum atomic E-state index is -1.75. The molecule has 0 saturated heterocycles. The van der Waals surface area contributed by atoms with E-state index in [1.54, 1.807) is 48.5 Å². The molecule has 36 heavy (non-hydrogen) atoms. The summed E-state index contributed by atoms with van der Waals surface area (Å²) in [7, 11) is 0. The summed E-state index contributed by atoms with van der Waals surface area (Å²) < 4.78 is 15.1. The molecule has 3 amide bonds. The summed E-state index contributed by atoms with van der Waals surface area (Å²) in [5.41, 5.74) is 1.52. The van der Waals surface area contributed by atoms with Crippen LogP contribution in [0.4, 0.5) is 4.79 Å². The molecule has 2 aromatic carbocycles. The average Bonchev–Trinajstić information content (AvgIpc) is 2.86. The number of carbonyl (C=O) groups excluding carboxylic acids is 5. The van der Waals surface area contributed by atoms with Crippen molar-refractivity contribution in [2.45, 2.75) is 52.3 Å². The first kappa shape index (κ1) is 27.8. The Balaban J connectivity index is 1.86. The Kier molecular flexibility index (Phi) is 10.9. The number of esters is 2. The van der Waals surface area contributed by atoms with Gasteiger partial charge in [-0.2, -0.15) is 0 Å². The molecule has 0 aliphatic carbocycles. The zero-order chi connectivity index (χ0) is 26.5. The molecular weight excluding hydrogens is 470 g/mol. The van der Waals surface area contributed by atoms with Crippen molar-refractivity contribution in [3.05, 3.63) is 71.8 Å². The van der Waals surface area contributed by atoms with Gasteiger partial charge in [-0.3, -0.25) is 14.4 Å². The first-order valence-electron chi connectivity index (χ1n) is 11.1. The molecule has 0 radical (unpaired) electrons. The molecule has 0 aliphatic rings. The third-order valence-corrected chi connectivity index (χ3v) is 4.67. The third kappa shape index (κ3) is 9.84. The van der Waals surface area contributed by atoms with E-state index >= 15 is 0 Å².